The molecule has 2 amide bonds. The smallest absolute Gasteiger partial charge is 0.408 e. The van der Waals surface area contributed by atoms with E-state index in [4.69, 9.17) is 14.2 Å². The molecule has 3 atom stereocenters. The number of benzene rings is 2. The van der Waals surface area contributed by atoms with Gasteiger partial charge in [-0.1, -0.05) is 42.5 Å². The summed E-state index contributed by atoms with van der Waals surface area (Å²) in [5.41, 5.74) is 1.62. The van der Waals surface area contributed by atoms with Gasteiger partial charge in [-0.2, -0.15) is 0 Å². The fraction of sp³-hybridized carbons (Fsp3) is 0.400. The number of ether oxygens (including phenoxy) is 3. The molecule has 1 saturated heterocycles. The summed E-state index contributed by atoms with van der Waals surface area (Å²) in [5.74, 6) is -0.601. The maximum Gasteiger partial charge on any atom is 0.408 e. The van der Waals surface area contributed by atoms with Crippen LogP contribution >= 0.6 is 11.8 Å². The molecule has 2 heterocycles. The molecule has 1 unspecified atom stereocenters. The van der Waals surface area contributed by atoms with Crippen molar-refractivity contribution in [2.45, 2.75) is 57.7 Å². The quantitative estimate of drug-likeness (QED) is 0.341. The lowest BCUT2D eigenvalue weighted by Crippen LogP contribution is -2.62. The van der Waals surface area contributed by atoms with Crippen LogP contribution in [-0.4, -0.2) is 52.5 Å². The van der Waals surface area contributed by atoms with E-state index >= 15 is 0 Å². The Kier molecular flexibility index (Phi) is 8.88. The number of methoxy groups -OCH3 is 1. The second kappa shape index (κ2) is 12.2. The lowest BCUT2D eigenvalue weighted by atomic mass is 9.87. The highest BCUT2D eigenvalue weighted by Gasteiger charge is 2.54. The van der Waals surface area contributed by atoms with Crippen LogP contribution in [0.4, 0.5) is 4.79 Å². The van der Waals surface area contributed by atoms with Gasteiger partial charge in [-0.05, 0) is 56.5 Å². The van der Waals surface area contributed by atoms with E-state index in [1.54, 1.807) is 83.3 Å². The van der Waals surface area contributed by atoms with Gasteiger partial charge in [-0.3, -0.25) is 14.5 Å². The summed E-state index contributed by atoms with van der Waals surface area (Å²) in [7, 11) is 1.58. The lowest BCUT2D eigenvalue weighted by Gasteiger charge is -2.49. The maximum atomic E-state index is 13.5. The van der Waals surface area contributed by atoms with E-state index in [1.165, 1.54) is 16.7 Å². The minimum atomic E-state index is -0.974. The molecule has 0 bridgehead atoms. The van der Waals surface area contributed by atoms with Gasteiger partial charge in [0, 0.05) is 12.2 Å². The van der Waals surface area contributed by atoms with E-state index in [0.29, 0.717) is 17.1 Å². The number of carbonyl (C=O) groups is 4. The Bertz CT molecular complexity index is 1300. The maximum absolute atomic E-state index is 13.5. The van der Waals surface area contributed by atoms with Gasteiger partial charge in [-0.15, -0.1) is 11.8 Å². The van der Waals surface area contributed by atoms with Crippen molar-refractivity contribution in [3.8, 4) is 5.75 Å². The number of alkyl carbamates (subject to hydrolysis) is 1. The number of hydrogen-bond acceptors (Lipinski definition) is 8. The van der Waals surface area contributed by atoms with Gasteiger partial charge in [-0.25, -0.2) is 9.59 Å². The van der Waals surface area contributed by atoms with Gasteiger partial charge in [0.25, 0.3) is 0 Å². The van der Waals surface area contributed by atoms with E-state index in [9.17, 15) is 19.2 Å². The summed E-state index contributed by atoms with van der Waals surface area (Å²) in [6.45, 7) is 7.07. The second-order valence-electron chi connectivity index (χ2n) is 10.7. The van der Waals surface area contributed by atoms with Crippen molar-refractivity contribution in [2.24, 2.45) is 5.92 Å². The number of carbonyl (C=O) groups excluding carboxylic acids is 4. The van der Waals surface area contributed by atoms with E-state index in [1.807, 2.05) is 6.07 Å². The van der Waals surface area contributed by atoms with Crippen LogP contribution in [0.3, 0.4) is 0 Å². The molecule has 2 aliphatic rings. The van der Waals surface area contributed by atoms with Crippen molar-refractivity contribution in [3.63, 3.8) is 0 Å². The minimum absolute atomic E-state index is 0.0520. The number of thioether (sulfide) groups is 1. The highest BCUT2D eigenvalue weighted by Crippen LogP contribution is 2.45. The van der Waals surface area contributed by atoms with E-state index in [-0.39, 0.29) is 35.8 Å². The van der Waals surface area contributed by atoms with Crippen LogP contribution in [-0.2, 0) is 30.5 Å². The number of β-lactam (4-membered cyclic amide) rings is 1. The third-order valence-electron chi connectivity index (χ3n) is 6.53. The molecule has 1 fully saturated rings. The van der Waals surface area contributed by atoms with Gasteiger partial charge in [0.2, 0.25) is 5.91 Å². The zero-order valence-corrected chi connectivity index (χ0v) is 24.1. The predicted molar refractivity (Wildman–Crippen MR) is 150 cm³/mol. The largest absolute Gasteiger partial charge is 0.497 e. The molecule has 4 rings (SSSR count). The molecule has 40 heavy (non-hydrogen) atoms. The Hall–Kier alpha value is -3.79. The minimum Gasteiger partial charge on any atom is -0.497 e. The number of amides is 2. The lowest BCUT2D eigenvalue weighted by molar-refractivity contribution is -0.156. The van der Waals surface area contributed by atoms with Crippen LogP contribution in [0.25, 0.3) is 0 Å². The van der Waals surface area contributed by atoms with Gasteiger partial charge in [0.1, 0.15) is 29.7 Å². The molecule has 10 heteroatoms. The fourth-order valence-electron chi connectivity index (χ4n) is 4.59. The fourth-order valence-corrected chi connectivity index (χ4v) is 5.95. The number of rotatable bonds is 9. The van der Waals surface area contributed by atoms with Crippen LogP contribution in [0.5, 0.6) is 5.75 Å². The summed E-state index contributed by atoms with van der Waals surface area (Å²) < 4.78 is 16.1. The van der Waals surface area contributed by atoms with E-state index < -0.39 is 29.6 Å². The number of hydrogen-bond donors (Lipinski definition) is 1. The molecule has 9 nitrogen and oxygen atoms in total. The number of Topliss-reactive ketones (excluding diaryl/α,β-unsaturated/α-hetero) is 1. The molecule has 212 valence electrons. The average Bonchev–Trinajstić information content (AvgIpc) is 2.92. The van der Waals surface area contributed by atoms with Crippen LogP contribution in [0.15, 0.2) is 65.9 Å². The molecule has 0 saturated carbocycles. The van der Waals surface area contributed by atoms with Crippen LogP contribution in [0, 0.1) is 5.92 Å². The summed E-state index contributed by atoms with van der Waals surface area (Å²) in [4.78, 5) is 53.8. The third-order valence-corrected chi connectivity index (χ3v) is 8.01. The standard InChI is InChI=1S/C30H34N2O7S/c1-18-17-40-27-22(15-23(33)24(20-9-7-6-8-10-20)31-29(36)39-30(2,3)4)26(34)32(27)25(18)28(35)38-16-19-11-13-21(37-5)14-12-19/h6-14,22,24,27H,15-17H2,1-5H3,(H,31,36)/t22-,24-,27?/m1/s1. The Balaban J connectivity index is 1.43. The van der Waals surface area contributed by atoms with Crippen LogP contribution in [0.2, 0.25) is 0 Å². The highest BCUT2D eigenvalue weighted by molar-refractivity contribution is 8.00. The zero-order chi connectivity index (χ0) is 29.0. The third kappa shape index (κ3) is 6.67. The van der Waals surface area contributed by atoms with Gasteiger partial charge in [0.15, 0.2) is 5.78 Å². The molecule has 0 radical (unpaired) electrons. The Morgan fingerprint density at radius 1 is 1.07 bits per heavy atom. The second-order valence-corrected chi connectivity index (χ2v) is 11.8. The van der Waals surface area contributed by atoms with Crippen molar-refractivity contribution in [1.82, 2.24) is 10.2 Å². The predicted octanol–water partition coefficient (Wildman–Crippen LogP) is 4.77. The summed E-state index contributed by atoms with van der Waals surface area (Å²) >= 11 is 1.51. The van der Waals surface area contributed by atoms with Crippen molar-refractivity contribution in [1.29, 1.82) is 0 Å². The number of esters is 1. The van der Waals surface area contributed by atoms with Crippen LogP contribution < -0.4 is 10.1 Å². The number of fused-ring (bicyclic) bond motifs is 1. The van der Waals surface area contributed by atoms with Crippen molar-refractivity contribution < 1.29 is 33.4 Å². The normalized spacial score (nSPS) is 19.2. The molecule has 2 aromatic carbocycles. The topological polar surface area (TPSA) is 111 Å². The summed E-state index contributed by atoms with van der Waals surface area (Å²) in [5, 5.41) is 2.30. The van der Waals surface area contributed by atoms with E-state index in [0.717, 1.165) is 11.1 Å². The molecule has 0 aliphatic carbocycles. The average molecular weight is 567 g/mol. The molecule has 2 aliphatic heterocycles. The molecule has 1 N–H and O–H groups in total. The van der Waals surface area contributed by atoms with Gasteiger partial charge < -0.3 is 19.5 Å². The number of nitrogens with zero attached hydrogens (tertiary/aromatic N) is 1. The SMILES string of the molecule is COc1ccc(COC(=O)C2=C(C)CSC3[C@H](CC(=O)[C@H](NC(=O)OC(C)(C)C)c4ccccc4)C(=O)N23)cc1. The van der Waals surface area contributed by atoms with E-state index in [2.05, 4.69) is 5.32 Å². The first-order valence-corrected chi connectivity index (χ1v) is 14.0. The first-order chi connectivity index (χ1) is 19.0. The molecular weight excluding hydrogens is 532 g/mol. The van der Waals surface area contributed by atoms with Gasteiger partial charge >= 0.3 is 12.1 Å². The first kappa shape index (κ1) is 29.2. The molecule has 0 aromatic heterocycles. The highest BCUT2D eigenvalue weighted by atomic mass is 32.2. The van der Waals surface area contributed by atoms with Crippen molar-refractivity contribution >= 4 is 35.5 Å². The molecule has 2 aromatic rings. The van der Waals surface area contributed by atoms with Crippen LogP contribution in [0.1, 0.15) is 51.3 Å². The Morgan fingerprint density at radius 2 is 1.75 bits per heavy atom. The summed E-state index contributed by atoms with van der Waals surface area (Å²) in [6.07, 6.45) is -0.806. The summed E-state index contributed by atoms with van der Waals surface area (Å²) in [6, 6.07) is 15.0. The Morgan fingerprint density at radius 3 is 2.38 bits per heavy atom. The number of ketones is 1. The molecular formula is C30H34N2O7S. The number of nitrogens with one attached hydrogen (secondary N) is 1. The zero-order valence-electron chi connectivity index (χ0n) is 23.3. The van der Waals surface area contributed by atoms with Crippen molar-refractivity contribution in [2.75, 3.05) is 12.9 Å². The van der Waals surface area contributed by atoms with Crippen molar-refractivity contribution in [3.05, 3.63) is 77.0 Å². The van der Waals surface area contributed by atoms with Gasteiger partial charge in [0.05, 0.1) is 18.4 Å². The Labute approximate surface area is 238 Å². The monoisotopic (exact) mass is 566 g/mol. The molecule has 0 spiro atoms. The first-order valence-electron chi connectivity index (χ1n) is 13.0.